The number of aromatic nitrogens is 1. The standard InChI is InChI=1S/C18H21N3O4S/c1-4-8-25-15-7-6-13(9-16(15)23-3)11-19-21-18-20-14(12-26-18)10-17(22)24-5-2/h4,6-7,9,11-12H,1,5,8,10H2,2-3H3,(H,20,21). The van der Waals surface area contributed by atoms with Crippen LogP contribution in [0.5, 0.6) is 11.5 Å². The van der Waals surface area contributed by atoms with Gasteiger partial charge in [0.2, 0.25) is 5.13 Å². The zero-order valence-electron chi connectivity index (χ0n) is 14.7. The molecule has 1 heterocycles. The summed E-state index contributed by atoms with van der Waals surface area (Å²) in [7, 11) is 1.58. The highest BCUT2D eigenvalue weighted by Crippen LogP contribution is 2.27. The molecule has 8 heteroatoms. The molecule has 0 spiro atoms. The van der Waals surface area contributed by atoms with E-state index in [1.165, 1.54) is 11.3 Å². The lowest BCUT2D eigenvalue weighted by atomic mass is 10.2. The number of benzene rings is 1. The highest BCUT2D eigenvalue weighted by atomic mass is 32.1. The molecule has 0 aliphatic rings. The lowest BCUT2D eigenvalue weighted by Crippen LogP contribution is -2.07. The van der Waals surface area contributed by atoms with Crippen LogP contribution < -0.4 is 14.9 Å². The molecule has 1 N–H and O–H groups in total. The molecule has 7 nitrogen and oxygen atoms in total. The molecule has 0 saturated carbocycles. The van der Waals surface area contributed by atoms with Crippen molar-refractivity contribution >= 4 is 28.7 Å². The van der Waals surface area contributed by atoms with Gasteiger partial charge in [-0.3, -0.25) is 10.2 Å². The van der Waals surface area contributed by atoms with Crippen LogP contribution in [0.4, 0.5) is 5.13 Å². The van der Waals surface area contributed by atoms with Crippen molar-refractivity contribution < 1.29 is 19.0 Å². The molecular formula is C18H21N3O4S. The number of carbonyl (C=O) groups is 1. The van der Waals surface area contributed by atoms with Crippen LogP contribution in [0.1, 0.15) is 18.2 Å². The van der Waals surface area contributed by atoms with Crippen molar-refractivity contribution in [2.75, 3.05) is 25.7 Å². The second kappa shape index (κ2) is 10.2. The van der Waals surface area contributed by atoms with Gasteiger partial charge in [0, 0.05) is 5.38 Å². The zero-order chi connectivity index (χ0) is 18.8. The van der Waals surface area contributed by atoms with Crippen molar-refractivity contribution in [1.29, 1.82) is 0 Å². The third-order valence-electron chi connectivity index (χ3n) is 3.10. The SMILES string of the molecule is C=CCOc1ccc(C=NNc2nc(CC(=O)OCC)cs2)cc1OC. The highest BCUT2D eigenvalue weighted by Gasteiger charge is 2.08. The monoisotopic (exact) mass is 375 g/mol. The van der Waals surface area contributed by atoms with Crippen molar-refractivity contribution in [3.8, 4) is 11.5 Å². The van der Waals surface area contributed by atoms with E-state index in [0.717, 1.165) is 5.56 Å². The molecule has 138 valence electrons. The normalized spacial score (nSPS) is 10.5. The van der Waals surface area contributed by atoms with Crippen LogP contribution in [0.25, 0.3) is 0 Å². The van der Waals surface area contributed by atoms with E-state index < -0.39 is 0 Å². The van der Waals surface area contributed by atoms with Crippen LogP contribution >= 0.6 is 11.3 Å². The summed E-state index contributed by atoms with van der Waals surface area (Å²) in [6.45, 7) is 6.16. The topological polar surface area (TPSA) is 82.0 Å². The van der Waals surface area contributed by atoms with Gasteiger partial charge in [-0.25, -0.2) is 4.98 Å². The molecule has 0 amide bonds. The first-order chi connectivity index (χ1) is 12.7. The first kappa shape index (κ1) is 19.5. The lowest BCUT2D eigenvalue weighted by molar-refractivity contribution is -0.142. The molecular weight excluding hydrogens is 354 g/mol. The second-order valence-electron chi connectivity index (χ2n) is 5.01. The van der Waals surface area contributed by atoms with Gasteiger partial charge in [0.25, 0.3) is 0 Å². The van der Waals surface area contributed by atoms with E-state index in [2.05, 4.69) is 22.1 Å². The van der Waals surface area contributed by atoms with Gasteiger partial charge in [-0.1, -0.05) is 12.7 Å². The minimum Gasteiger partial charge on any atom is -0.493 e. The van der Waals surface area contributed by atoms with Gasteiger partial charge in [0.05, 0.1) is 32.0 Å². The van der Waals surface area contributed by atoms with Crippen molar-refractivity contribution in [2.24, 2.45) is 5.10 Å². The van der Waals surface area contributed by atoms with Gasteiger partial charge in [0.1, 0.15) is 6.61 Å². The third kappa shape index (κ3) is 5.89. The molecule has 2 aromatic rings. The number of methoxy groups -OCH3 is 1. The minimum atomic E-state index is -0.293. The maximum Gasteiger partial charge on any atom is 0.311 e. The van der Waals surface area contributed by atoms with Crippen LogP contribution in [0.15, 0.2) is 41.3 Å². The lowest BCUT2D eigenvalue weighted by Gasteiger charge is -2.09. The van der Waals surface area contributed by atoms with Gasteiger partial charge in [-0.05, 0) is 30.7 Å². The number of hydrogen-bond donors (Lipinski definition) is 1. The minimum absolute atomic E-state index is 0.152. The fraction of sp³-hybridized carbons (Fsp3) is 0.278. The van der Waals surface area contributed by atoms with Crippen molar-refractivity contribution in [1.82, 2.24) is 4.98 Å². The zero-order valence-corrected chi connectivity index (χ0v) is 15.5. The molecule has 0 saturated heterocycles. The van der Waals surface area contributed by atoms with E-state index in [1.807, 2.05) is 18.2 Å². The Hall–Kier alpha value is -2.87. The second-order valence-corrected chi connectivity index (χ2v) is 5.86. The summed E-state index contributed by atoms with van der Waals surface area (Å²) in [6, 6.07) is 5.49. The number of rotatable bonds is 10. The smallest absolute Gasteiger partial charge is 0.311 e. The summed E-state index contributed by atoms with van der Waals surface area (Å²) in [5.74, 6) is 0.960. The predicted molar refractivity (Wildman–Crippen MR) is 102 cm³/mol. The molecule has 0 aliphatic heterocycles. The summed E-state index contributed by atoms with van der Waals surface area (Å²) < 4.78 is 15.7. The van der Waals surface area contributed by atoms with E-state index in [4.69, 9.17) is 14.2 Å². The molecule has 1 aromatic heterocycles. The number of thiazole rings is 1. The molecule has 1 aromatic carbocycles. The fourth-order valence-corrected chi connectivity index (χ4v) is 2.65. The van der Waals surface area contributed by atoms with Crippen LogP contribution in [-0.4, -0.2) is 37.5 Å². The first-order valence-corrected chi connectivity index (χ1v) is 8.85. The largest absolute Gasteiger partial charge is 0.493 e. The Balaban J connectivity index is 1.94. The summed E-state index contributed by atoms with van der Waals surface area (Å²) >= 11 is 1.37. The molecule has 0 atom stereocenters. The number of anilines is 1. The number of carbonyl (C=O) groups excluding carboxylic acids is 1. The molecule has 26 heavy (non-hydrogen) atoms. The number of ether oxygens (including phenoxy) is 3. The number of nitrogens with zero attached hydrogens (tertiary/aromatic N) is 2. The van der Waals surface area contributed by atoms with E-state index in [-0.39, 0.29) is 12.4 Å². The Labute approximate surface area is 156 Å². The highest BCUT2D eigenvalue weighted by molar-refractivity contribution is 7.13. The fourth-order valence-electron chi connectivity index (χ4n) is 1.99. The average molecular weight is 375 g/mol. The number of hydrogen-bond acceptors (Lipinski definition) is 8. The Morgan fingerprint density at radius 1 is 1.42 bits per heavy atom. The molecule has 0 aliphatic carbocycles. The Morgan fingerprint density at radius 2 is 2.27 bits per heavy atom. The maximum absolute atomic E-state index is 11.4. The number of esters is 1. The van der Waals surface area contributed by atoms with Crippen LogP contribution in [-0.2, 0) is 16.0 Å². The summed E-state index contributed by atoms with van der Waals surface area (Å²) in [5, 5.41) is 6.54. The van der Waals surface area contributed by atoms with Crippen LogP contribution in [0.3, 0.4) is 0 Å². The first-order valence-electron chi connectivity index (χ1n) is 7.97. The van der Waals surface area contributed by atoms with Crippen LogP contribution in [0.2, 0.25) is 0 Å². The average Bonchev–Trinajstić information content (AvgIpc) is 3.07. The van der Waals surface area contributed by atoms with Crippen molar-refractivity contribution in [2.45, 2.75) is 13.3 Å². The summed E-state index contributed by atoms with van der Waals surface area (Å²) in [6.07, 6.45) is 3.47. The van der Waals surface area contributed by atoms with Gasteiger partial charge in [-0.2, -0.15) is 5.10 Å². The van der Waals surface area contributed by atoms with Gasteiger partial charge in [0.15, 0.2) is 11.5 Å². The molecule has 0 bridgehead atoms. The molecule has 2 rings (SSSR count). The van der Waals surface area contributed by atoms with Crippen LogP contribution in [0, 0.1) is 0 Å². The number of hydrazone groups is 1. The van der Waals surface area contributed by atoms with Crippen molar-refractivity contribution in [3.05, 3.63) is 47.5 Å². The van der Waals surface area contributed by atoms with Gasteiger partial charge >= 0.3 is 5.97 Å². The van der Waals surface area contributed by atoms with Gasteiger partial charge < -0.3 is 14.2 Å². The Bertz CT molecular complexity index is 774. The summed E-state index contributed by atoms with van der Waals surface area (Å²) in [5.41, 5.74) is 4.33. The Kier molecular flexibility index (Phi) is 7.63. The number of nitrogens with one attached hydrogen (secondary N) is 1. The third-order valence-corrected chi connectivity index (χ3v) is 3.90. The van der Waals surface area contributed by atoms with E-state index in [9.17, 15) is 4.79 Å². The quantitative estimate of drug-likeness (QED) is 0.297. The maximum atomic E-state index is 11.4. The molecule has 0 fully saturated rings. The van der Waals surface area contributed by atoms with Crippen molar-refractivity contribution in [3.63, 3.8) is 0 Å². The Morgan fingerprint density at radius 3 is 3.00 bits per heavy atom. The van der Waals surface area contributed by atoms with Gasteiger partial charge in [-0.15, -0.1) is 11.3 Å². The predicted octanol–water partition coefficient (Wildman–Crippen LogP) is 3.27. The summed E-state index contributed by atoms with van der Waals surface area (Å²) in [4.78, 5) is 15.7. The van der Waals surface area contributed by atoms with E-state index >= 15 is 0 Å². The van der Waals surface area contributed by atoms with E-state index in [1.54, 1.807) is 31.7 Å². The molecule has 0 radical (unpaired) electrons. The molecule has 0 unspecified atom stereocenters. The van der Waals surface area contributed by atoms with E-state index in [0.29, 0.717) is 35.5 Å².